The molecule has 8 heteroatoms. The van der Waals surface area contributed by atoms with Crippen LogP contribution in [-0.2, 0) is 28.7 Å². The maximum absolute atomic E-state index is 11.8. The predicted octanol–water partition coefficient (Wildman–Crippen LogP) is 2.39. The van der Waals surface area contributed by atoms with Crippen molar-refractivity contribution in [3.8, 4) is 0 Å². The topological polar surface area (TPSA) is 127 Å². The maximum atomic E-state index is 11.8. The molecule has 0 spiro atoms. The van der Waals surface area contributed by atoms with Gasteiger partial charge in [0.15, 0.2) is 0 Å². The average Bonchev–Trinajstić information content (AvgIpc) is 2.53. The molecule has 0 rings (SSSR count). The van der Waals surface area contributed by atoms with Crippen molar-refractivity contribution in [3.63, 3.8) is 0 Å². The molecule has 0 aliphatic rings. The van der Waals surface area contributed by atoms with Gasteiger partial charge in [-0.05, 0) is 25.7 Å². The molecule has 0 bridgehead atoms. The molecule has 2 N–H and O–H groups in total. The second kappa shape index (κ2) is 12.3. The van der Waals surface area contributed by atoms with Gasteiger partial charge in [0, 0.05) is 19.3 Å². The normalized spacial score (nSPS) is 11.0. The third kappa shape index (κ3) is 9.69. The summed E-state index contributed by atoms with van der Waals surface area (Å²) < 4.78 is 10.1. The van der Waals surface area contributed by atoms with Crippen LogP contribution in [0.25, 0.3) is 0 Å². The lowest BCUT2D eigenvalue weighted by atomic mass is 9.84. The van der Waals surface area contributed by atoms with Crippen LogP contribution in [0, 0.1) is 5.41 Å². The first-order valence-electron chi connectivity index (χ1n) is 8.53. The van der Waals surface area contributed by atoms with Crippen molar-refractivity contribution in [2.24, 2.45) is 5.41 Å². The number of hydrogen-bond acceptors (Lipinski definition) is 6. The van der Waals surface area contributed by atoms with Crippen molar-refractivity contribution in [2.75, 3.05) is 13.2 Å². The summed E-state index contributed by atoms with van der Waals surface area (Å²) in [6.07, 6.45) is 2.04. The van der Waals surface area contributed by atoms with E-state index >= 15 is 0 Å². The van der Waals surface area contributed by atoms with Gasteiger partial charge in [0.05, 0.1) is 0 Å². The van der Waals surface area contributed by atoms with Gasteiger partial charge in [-0.2, -0.15) is 0 Å². The fourth-order valence-corrected chi connectivity index (χ4v) is 2.15. The summed E-state index contributed by atoms with van der Waals surface area (Å²) in [5, 5.41) is 18.3. The third-order valence-electron chi connectivity index (χ3n) is 3.68. The zero-order chi connectivity index (χ0) is 19.3. The lowest BCUT2D eigenvalue weighted by Crippen LogP contribution is -2.41. The molecule has 0 heterocycles. The van der Waals surface area contributed by atoms with E-state index in [0.717, 1.165) is 0 Å². The van der Waals surface area contributed by atoms with E-state index in [1.807, 2.05) is 0 Å². The number of carboxylic acid groups (broad SMARTS) is 2. The predicted molar refractivity (Wildman–Crippen MR) is 87.9 cm³/mol. The number of carbonyl (C=O) groups excluding carboxylic acids is 2. The van der Waals surface area contributed by atoms with E-state index in [2.05, 4.69) is 0 Å². The second-order valence-corrected chi connectivity index (χ2v) is 6.01. The lowest BCUT2D eigenvalue weighted by molar-refractivity contribution is -0.168. The van der Waals surface area contributed by atoms with Crippen LogP contribution in [0.1, 0.15) is 65.2 Å². The van der Waals surface area contributed by atoms with E-state index in [4.69, 9.17) is 14.6 Å². The fourth-order valence-electron chi connectivity index (χ4n) is 2.15. The molecule has 0 unspecified atom stereocenters. The summed E-state index contributed by atoms with van der Waals surface area (Å²) in [5.41, 5.74) is -1.56. The lowest BCUT2D eigenvalue weighted by Gasteiger charge is -2.28. The summed E-state index contributed by atoms with van der Waals surface area (Å²) in [6.45, 7) is 2.77. The minimum absolute atomic E-state index is 0.0500. The molecule has 0 saturated carbocycles. The van der Waals surface area contributed by atoms with Crippen LogP contribution in [-0.4, -0.2) is 47.3 Å². The van der Waals surface area contributed by atoms with Crippen LogP contribution in [0.3, 0.4) is 0 Å². The van der Waals surface area contributed by atoms with Gasteiger partial charge in [-0.25, -0.2) is 0 Å². The van der Waals surface area contributed by atoms with Crippen molar-refractivity contribution in [3.05, 3.63) is 0 Å². The Bertz CT molecular complexity index is 436. The van der Waals surface area contributed by atoms with Crippen molar-refractivity contribution >= 4 is 23.9 Å². The minimum Gasteiger partial charge on any atom is -0.481 e. The fraction of sp³-hybridized carbons (Fsp3) is 0.765. The molecule has 0 aliphatic carbocycles. The first kappa shape index (κ1) is 22.9. The van der Waals surface area contributed by atoms with E-state index in [-0.39, 0.29) is 32.1 Å². The van der Waals surface area contributed by atoms with Crippen LogP contribution in [0.4, 0.5) is 0 Å². The van der Waals surface area contributed by atoms with Crippen molar-refractivity contribution < 1.29 is 38.9 Å². The largest absolute Gasteiger partial charge is 0.481 e. The third-order valence-corrected chi connectivity index (χ3v) is 3.68. The summed E-state index contributed by atoms with van der Waals surface area (Å²) in [4.78, 5) is 45.5. The molecule has 0 aliphatic heterocycles. The van der Waals surface area contributed by atoms with E-state index < -0.39 is 42.5 Å². The smallest absolute Gasteiger partial charge is 0.316 e. The van der Waals surface area contributed by atoms with Gasteiger partial charge in [0.1, 0.15) is 18.6 Å². The quantitative estimate of drug-likeness (QED) is 0.357. The van der Waals surface area contributed by atoms with Gasteiger partial charge < -0.3 is 19.7 Å². The first-order chi connectivity index (χ1) is 11.8. The van der Waals surface area contributed by atoms with E-state index in [9.17, 15) is 24.3 Å². The molecule has 0 fully saturated rings. The molecule has 144 valence electrons. The zero-order valence-corrected chi connectivity index (χ0v) is 14.9. The van der Waals surface area contributed by atoms with Gasteiger partial charge in [0.2, 0.25) is 0 Å². The van der Waals surface area contributed by atoms with Crippen LogP contribution < -0.4 is 0 Å². The number of carbonyl (C=O) groups is 4. The molecule has 25 heavy (non-hydrogen) atoms. The summed E-state index contributed by atoms with van der Waals surface area (Å²) in [7, 11) is 0. The molecular weight excluding hydrogens is 332 g/mol. The van der Waals surface area contributed by atoms with Crippen molar-refractivity contribution in [1.82, 2.24) is 0 Å². The van der Waals surface area contributed by atoms with Crippen LogP contribution >= 0.6 is 0 Å². The number of aliphatic carboxylic acids is 2. The van der Waals surface area contributed by atoms with E-state index in [1.54, 1.807) is 13.8 Å². The Hall–Kier alpha value is -2.12. The molecular formula is C17H28O8. The Labute approximate surface area is 147 Å². The SMILES string of the molecule is CCCC(=O)OCC(CCCCC(=O)O)(COC(=O)CCC)C(=O)O. The molecule has 0 aromatic carbocycles. The van der Waals surface area contributed by atoms with Crippen molar-refractivity contribution in [2.45, 2.75) is 65.2 Å². The monoisotopic (exact) mass is 360 g/mol. The number of esters is 2. The van der Waals surface area contributed by atoms with Gasteiger partial charge in [-0.1, -0.05) is 20.3 Å². The Morgan fingerprint density at radius 2 is 1.28 bits per heavy atom. The van der Waals surface area contributed by atoms with Gasteiger partial charge in [-0.15, -0.1) is 0 Å². The van der Waals surface area contributed by atoms with Crippen molar-refractivity contribution in [1.29, 1.82) is 0 Å². The summed E-state index contributed by atoms with van der Waals surface area (Å²) >= 11 is 0. The Morgan fingerprint density at radius 1 is 0.800 bits per heavy atom. The second-order valence-electron chi connectivity index (χ2n) is 6.01. The Kier molecular flexibility index (Phi) is 11.2. The van der Waals surface area contributed by atoms with Crippen LogP contribution in [0.5, 0.6) is 0 Å². The first-order valence-corrected chi connectivity index (χ1v) is 8.53. The Balaban J connectivity index is 4.96. The number of rotatable bonds is 14. The Morgan fingerprint density at radius 3 is 1.64 bits per heavy atom. The highest BCUT2D eigenvalue weighted by Gasteiger charge is 2.41. The maximum Gasteiger partial charge on any atom is 0.316 e. The molecule has 0 aromatic heterocycles. The van der Waals surface area contributed by atoms with Crippen LogP contribution in [0.15, 0.2) is 0 Å². The number of carboxylic acids is 2. The van der Waals surface area contributed by atoms with Gasteiger partial charge in [-0.3, -0.25) is 19.2 Å². The zero-order valence-electron chi connectivity index (χ0n) is 14.9. The highest BCUT2D eigenvalue weighted by molar-refractivity contribution is 5.77. The standard InChI is InChI=1S/C17H28O8/c1-3-7-14(20)24-11-17(16(22)23,10-6-5-9-13(18)19)12-25-15(21)8-4-2/h3-12H2,1-2H3,(H,18,19)(H,22,23). The summed E-state index contributed by atoms with van der Waals surface area (Å²) in [6, 6.07) is 0. The highest BCUT2D eigenvalue weighted by Crippen LogP contribution is 2.28. The molecule has 0 radical (unpaired) electrons. The molecule has 8 nitrogen and oxygen atoms in total. The van der Waals surface area contributed by atoms with Crippen LogP contribution in [0.2, 0.25) is 0 Å². The number of hydrogen-bond donors (Lipinski definition) is 2. The average molecular weight is 360 g/mol. The number of unbranched alkanes of at least 4 members (excludes halogenated alkanes) is 1. The molecule has 0 amide bonds. The van der Waals surface area contributed by atoms with Gasteiger partial charge in [0.25, 0.3) is 0 Å². The molecule has 0 saturated heterocycles. The highest BCUT2D eigenvalue weighted by atomic mass is 16.6. The molecule has 0 aromatic rings. The molecule has 0 atom stereocenters. The minimum atomic E-state index is -1.56. The summed E-state index contributed by atoms with van der Waals surface area (Å²) in [5.74, 6) is -3.24. The number of ether oxygens (including phenoxy) is 2. The van der Waals surface area contributed by atoms with E-state index in [0.29, 0.717) is 19.3 Å². The van der Waals surface area contributed by atoms with E-state index in [1.165, 1.54) is 0 Å². The van der Waals surface area contributed by atoms with Gasteiger partial charge >= 0.3 is 23.9 Å².